The summed E-state index contributed by atoms with van der Waals surface area (Å²) in [4.78, 5) is 16.4. The Bertz CT molecular complexity index is 508. The average Bonchev–Trinajstić information content (AvgIpc) is 2.47. The molecule has 0 spiro atoms. The number of piperidine rings is 1. The molecule has 0 aromatic carbocycles. The van der Waals surface area contributed by atoms with Gasteiger partial charge in [-0.25, -0.2) is 4.98 Å². The van der Waals surface area contributed by atoms with Crippen molar-refractivity contribution in [2.24, 2.45) is 11.8 Å². The maximum absolute atomic E-state index is 12.2. The highest BCUT2D eigenvalue weighted by molar-refractivity contribution is 6.30. The summed E-state index contributed by atoms with van der Waals surface area (Å²) >= 11 is 12.1. The Morgan fingerprint density at radius 1 is 1.33 bits per heavy atom. The first kappa shape index (κ1) is 14.9. The molecular weight excluding hydrogens is 309 g/mol. The van der Waals surface area contributed by atoms with Crippen LogP contribution in [0.2, 0.25) is 5.02 Å². The molecule has 2 N–H and O–H groups in total. The fraction of sp³-hybridized carbons (Fsp3) is 0.600. The molecule has 0 bridgehead atoms. The van der Waals surface area contributed by atoms with Gasteiger partial charge >= 0.3 is 0 Å². The predicted molar refractivity (Wildman–Crippen MR) is 84.8 cm³/mol. The number of halogens is 2. The minimum absolute atomic E-state index is 0.0225. The number of aromatic nitrogens is 1. The third-order valence-electron chi connectivity index (χ3n) is 4.46. The Balaban J connectivity index is 1.57. The Morgan fingerprint density at radius 3 is 2.95 bits per heavy atom. The van der Waals surface area contributed by atoms with Gasteiger partial charge in [-0.15, -0.1) is 11.6 Å². The van der Waals surface area contributed by atoms with E-state index in [0.29, 0.717) is 23.5 Å². The number of anilines is 1. The van der Waals surface area contributed by atoms with Crippen LogP contribution < -0.4 is 10.6 Å². The van der Waals surface area contributed by atoms with Crippen LogP contribution >= 0.6 is 23.2 Å². The molecule has 0 radical (unpaired) electrons. The van der Waals surface area contributed by atoms with Crippen molar-refractivity contribution in [2.45, 2.75) is 37.1 Å². The molecule has 4 atom stereocenters. The molecule has 21 heavy (non-hydrogen) atoms. The number of hydrogen-bond acceptors (Lipinski definition) is 3. The highest BCUT2D eigenvalue weighted by atomic mass is 35.5. The van der Waals surface area contributed by atoms with Crippen LogP contribution in [0.4, 0.5) is 5.82 Å². The molecule has 1 saturated carbocycles. The van der Waals surface area contributed by atoms with E-state index in [1.807, 2.05) is 6.07 Å². The predicted octanol–water partition coefficient (Wildman–Crippen LogP) is 3.06. The maximum Gasteiger partial charge on any atom is 0.225 e. The zero-order valence-corrected chi connectivity index (χ0v) is 13.2. The molecule has 3 rings (SSSR count). The minimum Gasteiger partial charge on any atom is -0.369 e. The number of amides is 1. The van der Waals surface area contributed by atoms with Gasteiger partial charge in [0.2, 0.25) is 5.91 Å². The second-order valence-corrected chi connectivity index (χ2v) is 7.01. The lowest BCUT2D eigenvalue weighted by atomic mass is 9.75. The van der Waals surface area contributed by atoms with Gasteiger partial charge in [-0.3, -0.25) is 4.79 Å². The van der Waals surface area contributed by atoms with Crippen molar-refractivity contribution in [3.05, 3.63) is 23.4 Å². The Labute approximate surface area is 134 Å². The number of rotatable bonds is 3. The number of nitrogens with zero attached hydrogens (tertiary/aromatic N) is 1. The van der Waals surface area contributed by atoms with Crippen LogP contribution in [-0.2, 0) is 4.79 Å². The van der Waals surface area contributed by atoms with Crippen molar-refractivity contribution in [1.82, 2.24) is 10.3 Å². The maximum atomic E-state index is 12.2. The average molecular weight is 328 g/mol. The van der Waals surface area contributed by atoms with Crippen LogP contribution in [0.5, 0.6) is 0 Å². The number of hydrogen-bond donors (Lipinski definition) is 2. The first-order valence-corrected chi connectivity index (χ1v) is 8.23. The van der Waals surface area contributed by atoms with E-state index in [4.69, 9.17) is 23.2 Å². The molecule has 2 aliphatic rings. The summed E-state index contributed by atoms with van der Waals surface area (Å²) in [6.45, 7) is 0.594. The molecule has 1 aromatic heterocycles. The molecule has 1 amide bonds. The van der Waals surface area contributed by atoms with Gasteiger partial charge < -0.3 is 10.6 Å². The van der Waals surface area contributed by atoms with Gasteiger partial charge in [0, 0.05) is 24.2 Å². The molecule has 4 nitrogen and oxygen atoms in total. The van der Waals surface area contributed by atoms with Gasteiger partial charge in [-0.1, -0.05) is 11.6 Å². The molecule has 2 heterocycles. The molecule has 6 heteroatoms. The van der Waals surface area contributed by atoms with Crippen LogP contribution in [0.1, 0.15) is 25.7 Å². The third-order valence-corrected chi connectivity index (χ3v) is 5.08. The van der Waals surface area contributed by atoms with E-state index in [2.05, 4.69) is 15.6 Å². The monoisotopic (exact) mass is 327 g/mol. The van der Waals surface area contributed by atoms with Crippen LogP contribution in [-0.4, -0.2) is 28.9 Å². The molecule has 1 aliphatic carbocycles. The number of pyridine rings is 1. The highest BCUT2D eigenvalue weighted by Gasteiger charge is 2.38. The van der Waals surface area contributed by atoms with E-state index < -0.39 is 0 Å². The molecular formula is C15H19Cl2N3O. The summed E-state index contributed by atoms with van der Waals surface area (Å²) in [5, 5.41) is 7.23. The van der Waals surface area contributed by atoms with Crippen molar-refractivity contribution >= 4 is 34.9 Å². The minimum atomic E-state index is -0.0225. The summed E-state index contributed by atoms with van der Waals surface area (Å²) in [5.41, 5.74) is 0. The number of carbonyl (C=O) groups is 1. The van der Waals surface area contributed by atoms with Crippen molar-refractivity contribution in [2.75, 3.05) is 11.9 Å². The quantitative estimate of drug-likeness (QED) is 0.839. The number of carbonyl (C=O) groups excluding carboxylic acids is 1. The van der Waals surface area contributed by atoms with E-state index in [1.165, 1.54) is 0 Å². The molecule has 4 unspecified atom stereocenters. The molecule has 114 valence electrons. The van der Waals surface area contributed by atoms with Crippen LogP contribution in [0.3, 0.4) is 0 Å². The normalized spacial score (nSPS) is 32.2. The number of fused-ring (bicyclic) bond motifs is 1. The SMILES string of the molecule is O=C1NC2CCC(Cl)CC2CC1CNc1ccc(Cl)cn1. The van der Waals surface area contributed by atoms with Gasteiger partial charge in [0.25, 0.3) is 0 Å². The Hall–Kier alpha value is -1.00. The van der Waals surface area contributed by atoms with Crippen LogP contribution in [0.25, 0.3) is 0 Å². The van der Waals surface area contributed by atoms with Gasteiger partial charge in [-0.05, 0) is 43.7 Å². The summed E-state index contributed by atoms with van der Waals surface area (Å²) < 4.78 is 0. The van der Waals surface area contributed by atoms with Gasteiger partial charge in [0.15, 0.2) is 0 Å². The van der Waals surface area contributed by atoms with Gasteiger partial charge in [0.1, 0.15) is 5.82 Å². The topological polar surface area (TPSA) is 54.0 Å². The van der Waals surface area contributed by atoms with Crippen LogP contribution in [0, 0.1) is 11.8 Å². The van der Waals surface area contributed by atoms with E-state index >= 15 is 0 Å². The number of alkyl halides is 1. The third kappa shape index (κ3) is 3.61. The van der Waals surface area contributed by atoms with Gasteiger partial charge in [-0.2, -0.15) is 0 Å². The highest BCUT2D eigenvalue weighted by Crippen LogP contribution is 2.35. The van der Waals surface area contributed by atoms with Crippen LogP contribution in [0.15, 0.2) is 18.3 Å². The summed E-state index contributed by atoms with van der Waals surface area (Å²) in [7, 11) is 0. The summed E-state index contributed by atoms with van der Waals surface area (Å²) in [6, 6.07) is 3.92. The zero-order valence-electron chi connectivity index (χ0n) is 11.7. The smallest absolute Gasteiger partial charge is 0.225 e. The van der Waals surface area contributed by atoms with Crippen molar-refractivity contribution < 1.29 is 4.79 Å². The standard InChI is InChI=1S/C15H19Cl2N3O/c16-11-1-3-13-9(6-11)5-10(15(21)20-13)7-18-14-4-2-12(17)8-19-14/h2,4,8-11,13H,1,3,5-7H2,(H,18,19)(H,20,21). The second-order valence-electron chi connectivity index (χ2n) is 5.96. The van der Waals surface area contributed by atoms with E-state index in [1.54, 1.807) is 12.3 Å². The fourth-order valence-corrected chi connectivity index (χ4v) is 3.78. The Kier molecular flexibility index (Phi) is 4.55. The summed E-state index contributed by atoms with van der Waals surface area (Å²) in [5.74, 6) is 1.37. The lowest BCUT2D eigenvalue weighted by molar-refractivity contribution is -0.129. The zero-order chi connectivity index (χ0) is 14.8. The number of nitrogens with one attached hydrogen (secondary N) is 2. The lowest BCUT2D eigenvalue weighted by Crippen LogP contribution is -2.53. The van der Waals surface area contributed by atoms with Gasteiger partial charge in [0.05, 0.1) is 10.9 Å². The molecule has 1 aromatic rings. The molecule has 2 fully saturated rings. The van der Waals surface area contributed by atoms with E-state index in [0.717, 1.165) is 31.5 Å². The first-order valence-electron chi connectivity index (χ1n) is 7.41. The second kappa shape index (κ2) is 6.41. The lowest BCUT2D eigenvalue weighted by Gasteiger charge is -2.41. The van der Waals surface area contributed by atoms with Crippen molar-refractivity contribution in [3.63, 3.8) is 0 Å². The Morgan fingerprint density at radius 2 is 2.19 bits per heavy atom. The van der Waals surface area contributed by atoms with Crippen molar-refractivity contribution in [1.29, 1.82) is 0 Å². The largest absolute Gasteiger partial charge is 0.369 e. The first-order chi connectivity index (χ1) is 10.1. The van der Waals surface area contributed by atoms with E-state index in [9.17, 15) is 4.79 Å². The van der Waals surface area contributed by atoms with Crippen molar-refractivity contribution in [3.8, 4) is 0 Å². The fourth-order valence-electron chi connectivity index (χ4n) is 3.31. The summed E-state index contributed by atoms with van der Waals surface area (Å²) in [6.07, 6.45) is 5.51. The van der Waals surface area contributed by atoms with E-state index in [-0.39, 0.29) is 17.2 Å². The molecule has 1 saturated heterocycles. The molecule has 1 aliphatic heterocycles.